The normalized spacial score (nSPS) is 24.4. The predicted octanol–water partition coefficient (Wildman–Crippen LogP) is 3.39. The van der Waals surface area contributed by atoms with Crippen molar-refractivity contribution in [3.05, 3.63) is 34.7 Å². The van der Waals surface area contributed by atoms with Gasteiger partial charge in [-0.15, -0.1) is 11.3 Å². The van der Waals surface area contributed by atoms with Crippen LogP contribution in [0.1, 0.15) is 62.4 Å². The third kappa shape index (κ3) is 5.66. The first-order valence-corrected chi connectivity index (χ1v) is 15.1. The fraction of sp³-hybridized carbons (Fsp3) is 0.600. The van der Waals surface area contributed by atoms with Crippen molar-refractivity contribution in [2.45, 2.75) is 58.6 Å². The second-order valence-electron chi connectivity index (χ2n) is 12.6. The van der Waals surface area contributed by atoms with E-state index in [0.29, 0.717) is 24.1 Å². The summed E-state index contributed by atoms with van der Waals surface area (Å²) in [6.07, 6.45) is 1.06. The van der Waals surface area contributed by atoms with E-state index in [0.717, 1.165) is 49.0 Å². The maximum atomic E-state index is 14.4. The van der Waals surface area contributed by atoms with Gasteiger partial charge in [0.15, 0.2) is 10.9 Å². The molecule has 3 aliphatic rings. The lowest BCUT2D eigenvalue weighted by Crippen LogP contribution is -2.45. The molecule has 0 radical (unpaired) electrons. The Kier molecular flexibility index (Phi) is 8.05. The number of piperazine rings is 1. The van der Waals surface area contributed by atoms with Crippen molar-refractivity contribution in [1.82, 2.24) is 14.8 Å². The van der Waals surface area contributed by atoms with Crippen molar-refractivity contribution in [1.29, 1.82) is 0 Å². The smallest absolute Gasteiger partial charge is 0.249 e. The number of hydrogen-bond acceptors (Lipinski definition) is 8. The first-order valence-electron chi connectivity index (χ1n) is 14.2. The Morgan fingerprint density at radius 3 is 2.58 bits per heavy atom. The van der Waals surface area contributed by atoms with E-state index in [2.05, 4.69) is 44.5 Å². The number of carbonyl (C=O) groups is 3. The zero-order chi connectivity index (χ0) is 28.8. The molecule has 0 saturated carbocycles. The number of nitrogens with two attached hydrogens (primary N) is 1. The van der Waals surface area contributed by atoms with Crippen LogP contribution in [0.2, 0.25) is 0 Å². The van der Waals surface area contributed by atoms with Gasteiger partial charge in [-0.2, -0.15) is 0 Å². The van der Waals surface area contributed by atoms with Crippen LogP contribution in [0.15, 0.2) is 23.6 Å². The Morgan fingerprint density at radius 2 is 1.93 bits per heavy atom. The summed E-state index contributed by atoms with van der Waals surface area (Å²) in [7, 11) is 2.13. The number of Topliss-reactive ketones (excluding diaryl/α,β-unsaturated/α-hetero) is 1. The van der Waals surface area contributed by atoms with Gasteiger partial charge in [-0.3, -0.25) is 14.4 Å². The van der Waals surface area contributed by atoms with Crippen LogP contribution in [0.25, 0.3) is 11.3 Å². The minimum atomic E-state index is -0.636. The molecule has 2 amide bonds. The quantitative estimate of drug-likeness (QED) is 0.546. The number of amides is 2. The molecule has 0 bridgehead atoms. The molecule has 216 valence electrons. The molecule has 10 heteroatoms. The number of benzene rings is 1. The van der Waals surface area contributed by atoms with Gasteiger partial charge in [0.05, 0.1) is 17.7 Å². The molecule has 1 aromatic heterocycles. The van der Waals surface area contributed by atoms with Gasteiger partial charge in [0, 0.05) is 55.1 Å². The number of primary amides is 1. The van der Waals surface area contributed by atoms with Gasteiger partial charge in [0.1, 0.15) is 12.6 Å². The molecule has 2 N–H and O–H groups in total. The van der Waals surface area contributed by atoms with Crippen LogP contribution >= 0.6 is 11.3 Å². The van der Waals surface area contributed by atoms with Crippen molar-refractivity contribution in [2.24, 2.45) is 17.1 Å². The van der Waals surface area contributed by atoms with Crippen molar-refractivity contribution >= 4 is 34.1 Å². The van der Waals surface area contributed by atoms with E-state index >= 15 is 0 Å². The lowest BCUT2D eigenvalue weighted by Gasteiger charge is -2.32. The van der Waals surface area contributed by atoms with E-state index in [4.69, 9.17) is 15.5 Å². The Hall–Kier alpha value is -2.82. The number of ketones is 1. The van der Waals surface area contributed by atoms with E-state index in [1.807, 2.05) is 17.5 Å². The Bertz CT molecular complexity index is 1280. The van der Waals surface area contributed by atoms with Crippen molar-refractivity contribution in [3.63, 3.8) is 0 Å². The molecule has 0 unspecified atom stereocenters. The highest BCUT2D eigenvalue weighted by atomic mass is 32.1. The molecular formula is C30H41N5O4S. The third-order valence-electron chi connectivity index (χ3n) is 8.47. The summed E-state index contributed by atoms with van der Waals surface area (Å²) in [4.78, 5) is 51.1. The fourth-order valence-electron chi connectivity index (χ4n) is 6.26. The van der Waals surface area contributed by atoms with Crippen LogP contribution in [0.5, 0.6) is 0 Å². The second kappa shape index (κ2) is 11.2. The topological polar surface area (TPSA) is 109 Å². The van der Waals surface area contributed by atoms with Crippen LogP contribution in [0, 0.1) is 11.3 Å². The summed E-state index contributed by atoms with van der Waals surface area (Å²) >= 11 is 1.61. The van der Waals surface area contributed by atoms with Gasteiger partial charge >= 0.3 is 0 Å². The second-order valence-corrected chi connectivity index (χ2v) is 13.5. The fourth-order valence-corrected chi connectivity index (χ4v) is 7.15. The summed E-state index contributed by atoms with van der Waals surface area (Å²) < 4.78 is 5.83. The summed E-state index contributed by atoms with van der Waals surface area (Å²) in [5.74, 6) is -1.29. The maximum Gasteiger partial charge on any atom is 0.249 e. The average Bonchev–Trinajstić information content (AvgIpc) is 3.64. The van der Waals surface area contributed by atoms with Crippen LogP contribution in [-0.4, -0.2) is 90.9 Å². The summed E-state index contributed by atoms with van der Waals surface area (Å²) in [5, 5.41) is 3.00. The van der Waals surface area contributed by atoms with Gasteiger partial charge in [-0.25, -0.2) is 4.98 Å². The van der Waals surface area contributed by atoms with Gasteiger partial charge in [0.2, 0.25) is 11.8 Å². The summed E-state index contributed by atoms with van der Waals surface area (Å²) in [5.41, 5.74) is 8.22. The van der Waals surface area contributed by atoms with Crippen LogP contribution in [0.4, 0.5) is 5.13 Å². The van der Waals surface area contributed by atoms with Gasteiger partial charge in [-0.1, -0.05) is 33.8 Å². The molecular weight excluding hydrogens is 526 g/mol. The molecule has 1 aromatic carbocycles. The number of nitrogens with zero attached hydrogens (tertiary/aromatic N) is 4. The average molecular weight is 568 g/mol. The Balaban J connectivity index is 1.52. The van der Waals surface area contributed by atoms with Crippen molar-refractivity contribution in [2.75, 3.05) is 51.3 Å². The standard InChI is InChI=1S/C30H41N5O4S/c1-6-18-15-35(25-24(36)16-39-26(18)25)28(38)22(14-30(2,3)4)21-13-19(7-8-20(21)27(31)37)23-17-40-29(32-23)34-11-9-33(5)10-12-34/h7-8,13,17-18,22,25-26H,6,9-12,14-16H2,1-5H3,(H2,31,37)/t18-,22-,25+,26+/m0/s1. The highest BCUT2D eigenvalue weighted by Gasteiger charge is 2.52. The number of rotatable bonds is 7. The highest BCUT2D eigenvalue weighted by Crippen LogP contribution is 2.41. The minimum Gasteiger partial charge on any atom is -0.367 e. The molecule has 4 heterocycles. The SMILES string of the molecule is CC[C@H]1CN(C(=O)[C@@H](CC(C)(C)C)c2cc(-c3csc(N4CCN(C)CC4)n3)ccc2C(N)=O)[C@@H]2C(=O)CO[C@H]12. The maximum absolute atomic E-state index is 14.4. The van der Waals surface area contributed by atoms with Gasteiger partial charge in [0.25, 0.3) is 0 Å². The number of aromatic nitrogens is 1. The largest absolute Gasteiger partial charge is 0.367 e. The Morgan fingerprint density at radius 1 is 1.20 bits per heavy atom. The molecule has 4 atom stereocenters. The monoisotopic (exact) mass is 567 g/mol. The van der Waals surface area contributed by atoms with Crippen molar-refractivity contribution < 1.29 is 19.1 Å². The van der Waals surface area contributed by atoms with Crippen LogP contribution < -0.4 is 10.6 Å². The van der Waals surface area contributed by atoms with Crippen LogP contribution in [-0.2, 0) is 14.3 Å². The van der Waals surface area contributed by atoms with E-state index in [1.54, 1.807) is 22.3 Å². The molecule has 3 saturated heterocycles. The predicted molar refractivity (Wildman–Crippen MR) is 157 cm³/mol. The first kappa shape index (κ1) is 28.7. The van der Waals surface area contributed by atoms with Gasteiger partial charge < -0.3 is 25.2 Å². The number of hydrogen-bond donors (Lipinski definition) is 1. The van der Waals surface area contributed by atoms with E-state index < -0.39 is 17.9 Å². The van der Waals surface area contributed by atoms with Crippen LogP contribution in [0.3, 0.4) is 0 Å². The molecule has 0 aliphatic carbocycles. The number of anilines is 1. The Labute approximate surface area is 240 Å². The lowest BCUT2D eigenvalue weighted by molar-refractivity contribution is -0.138. The third-order valence-corrected chi connectivity index (χ3v) is 9.37. The summed E-state index contributed by atoms with van der Waals surface area (Å²) in [6.45, 7) is 12.7. The van der Waals surface area contributed by atoms with Crippen molar-refractivity contribution in [3.8, 4) is 11.3 Å². The zero-order valence-corrected chi connectivity index (χ0v) is 25.0. The first-order chi connectivity index (χ1) is 19.0. The number of likely N-dealkylation sites (N-methyl/N-ethyl adjacent to an activating group) is 1. The molecule has 2 aromatic rings. The molecule has 5 rings (SSSR count). The number of carbonyl (C=O) groups excluding carboxylic acids is 3. The van der Waals surface area contributed by atoms with E-state index in [-0.39, 0.29) is 35.7 Å². The zero-order valence-electron chi connectivity index (χ0n) is 24.2. The minimum absolute atomic E-state index is 0.0427. The molecule has 3 fully saturated rings. The lowest BCUT2D eigenvalue weighted by atomic mass is 9.78. The van der Waals surface area contributed by atoms with E-state index in [9.17, 15) is 14.4 Å². The molecule has 40 heavy (non-hydrogen) atoms. The van der Waals surface area contributed by atoms with E-state index in [1.165, 1.54) is 0 Å². The molecule has 3 aliphatic heterocycles. The number of fused-ring (bicyclic) bond motifs is 1. The van der Waals surface area contributed by atoms with Gasteiger partial charge in [-0.05, 0) is 43.0 Å². The molecule has 9 nitrogen and oxygen atoms in total. The summed E-state index contributed by atoms with van der Waals surface area (Å²) in [6, 6.07) is 4.92. The molecule has 0 spiro atoms. The number of ether oxygens (including phenoxy) is 1. The number of likely N-dealkylation sites (tertiary alicyclic amines) is 1. The number of thiazole rings is 1. The highest BCUT2D eigenvalue weighted by molar-refractivity contribution is 7.14.